The highest BCUT2D eigenvalue weighted by Gasteiger charge is 2.16. The lowest BCUT2D eigenvalue weighted by Crippen LogP contribution is -2.27. The summed E-state index contributed by atoms with van der Waals surface area (Å²) < 4.78 is 18.6. The fourth-order valence-corrected chi connectivity index (χ4v) is 2.69. The van der Waals surface area contributed by atoms with Crippen molar-refractivity contribution < 1.29 is 13.9 Å². The minimum absolute atomic E-state index is 0.0500. The van der Waals surface area contributed by atoms with Gasteiger partial charge in [0, 0.05) is 17.7 Å². The Hall–Kier alpha value is -1.62. The molecule has 0 aliphatic heterocycles. The summed E-state index contributed by atoms with van der Waals surface area (Å²) in [4.78, 5) is 12.3. The van der Waals surface area contributed by atoms with Crippen molar-refractivity contribution in [3.8, 4) is 0 Å². The maximum absolute atomic E-state index is 13.6. The lowest BCUT2D eigenvalue weighted by Gasteiger charge is -2.16. The quantitative estimate of drug-likeness (QED) is 0.784. The van der Waals surface area contributed by atoms with Crippen LogP contribution in [-0.2, 0) is 11.3 Å². The zero-order chi connectivity index (χ0) is 17.0. The summed E-state index contributed by atoms with van der Waals surface area (Å²) in [5.41, 5.74) is 1.94. The van der Waals surface area contributed by atoms with Gasteiger partial charge in [0.25, 0.3) is 5.91 Å². The average Bonchev–Trinajstić information content (AvgIpc) is 2.51. The molecule has 0 fully saturated rings. The van der Waals surface area contributed by atoms with E-state index in [-0.39, 0.29) is 10.9 Å². The van der Waals surface area contributed by atoms with Crippen LogP contribution in [0.25, 0.3) is 0 Å². The molecule has 0 aromatic heterocycles. The topological polar surface area (TPSA) is 38.3 Å². The third-order valence-corrected chi connectivity index (χ3v) is 4.00. The third kappa shape index (κ3) is 4.44. The summed E-state index contributed by atoms with van der Waals surface area (Å²) in [6.07, 6.45) is 0. The monoisotopic (exact) mass is 355 g/mol. The molecule has 0 saturated heterocycles. The second-order valence-corrected chi connectivity index (χ2v) is 5.93. The van der Waals surface area contributed by atoms with Crippen molar-refractivity contribution in [1.29, 1.82) is 0 Å². The number of carbonyl (C=O) groups excluding carboxylic acids is 1. The van der Waals surface area contributed by atoms with Crippen molar-refractivity contribution in [2.45, 2.75) is 19.6 Å². The standard InChI is InChI=1S/C17H16Cl2FNO2/c1-10(13-7-16(20)15(19)8-14(13)18)21-17(22)12-5-3-11(4-6-12)9-23-2/h3-8,10H,9H2,1-2H3,(H,21,22)/t10-/m0/s1. The molecule has 0 unspecified atom stereocenters. The van der Waals surface area contributed by atoms with Crippen molar-refractivity contribution in [3.05, 3.63) is 69.0 Å². The SMILES string of the molecule is COCc1ccc(C(=O)N[C@@H](C)c2cc(F)c(Cl)cc2Cl)cc1. The van der Waals surface area contributed by atoms with Crippen LogP contribution in [0.15, 0.2) is 36.4 Å². The lowest BCUT2D eigenvalue weighted by atomic mass is 10.1. The van der Waals surface area contributed by atoms with Crippen molar-refractivity contribution in [2.75, 3.05) is 7.11 Å². The van der Waals surface area contributed by atoms with E-state index in [9.17, 15) is 9.18 Å². The van der Waals surface area contributed by atoms with Crippen molar-refractivity contribution in [3.63, 3.8) is 0 Å². The van der Waals surface area contributed by atoms with Gasteiger partial charge in [0.2, 0.25) is 0 Å². The zero-order valence-electron chi connectivity index (χ0n) is 12.7. The van der Waals surface area contributed by atoms with Crippen LogP contribution in [0.2, 0.25) is 10.0 Å². The number of methoxy groups -OCH3 is 1. The van der Waals surface area contributed by atoms with E-state index in [0.29, 0.717) is 22.8 Å². The van der Waals surface area contributed by atoms with E-state index < -0.39 is 11.9 Å². The average molecular weight is 356 g/mol. The van der Waals surface area contributed by atoms with Gasteiger partial charge in [0.1, 0.15) is 5.82 Å². The summed E-state index contributed by atoms with van der Waals surface area (Å²) in [5.74, 6) is -0.844. The Labute approximate surface area is 144 Å². The predicted molar refractivity (Wildman–Crippen MR) is 89.5 cm³/mol. The Kier molecular flexibility index (Phi) is 5.99. The van der Waals surface area contributed by atoms with Crippen molar-refractivity contribution >= 4 is 29.1 Å². The molecule has 122 valence electrons. The number of nitrogens with one attached hydrogen (secondary N) is 1. The van der Waals surface area contributed by atoms with Crippen molar-refractivity contribution in [2.24, 2.45) is 0 Å². The number of benzene rings is 2. The first-order chi connectivity index (χ1) is 10.9. The van der Waals surface area contributed by atoms with Gasteiger partial charge in [0.05, 0.1) is 17.7 Å². The largest absolute Gasteiger partial charge is 0.380 e. The highest BCUT2D eigenvalue weighted by atomic mass is 35.5. The summed E-state index contributed by atoms with van der Waals surface area (Å²) in [6, 6.07) is 9.16. The predicted octanol–water partition coefficient (Wildman–Crippen LogP) is 4.77. The second-order valence-electron chi connectivity index (χ2n) is 5.11. The summed E-state index contributed by atoms with van der Waals surface area (Å²) >= 11 is 11.7. The second kappa shape index (κ2) is 7.77. The molecule has 0 aliphatic rings. The van der Waals surface area contributed by atoms with Gasteiger partial charge in [-0.3, -0.25) is 4.79 Å². The molecule has 1 atom stereocenters. The smallest absolute Gasteiger partial charge is 0.251 e. The first-order valence-corrected chi connectivity index (χ1v) is 7.71. The number of rotatable bonds is 5. The molecule has 0 bridgehead atoms. The van der Waals surface area contributed by atoms with Crippen LogP contribution < -0.4 is 5.32 Å². The van der Waals surface area contributed by atoms with E-state index in [4.69, 9.17) is 27.9 Å². The van der Waals surface area contributed by atoms with Gasteiger partial charge in [-0.05, 0) is 42.3 Å². The fraction of sp³-hybridized carbons (Fsp3) is 0.235. The zero-order valence-corrected chi connectivity index (χ0v) is 14.2. The molecule has 2 aromatic rings. The summed E-state index contributed by atoms with van der Waals surface area (Å²) in [6.45, 7) is 2.21. The van der Waals surface area contributed by atoms with Crippen LogP contribution in [-0.4, -0.2) is 13.0 Å². The molecule has 2 aromatic carbocycles. The van der Waals surface area contributed by atoms with Gasteiger partial charge in [-0.25, -0.2) is 4.39 Å². The van der Waals surface area contributed by atoms with Crippen LogP contribution in [0.5, 0.6) is 0 Å². The number of ether oxygens (including phenoxy) is 1. The van der Waals surface area contributed by atoms with Crippen LogP contribution in [0.4, 0.5) is 4.39 Å². The normalized spacial score (nSPS) is 12.0. The van der Waals surface area contributed by atoms with Crippen LogP contribution in [0.3, 0.4) is 0 Å². The molecule has 0 radical (unpaired) electrons. The molecule has 23 heavy (non-hydrogen) atoms. The van der Waals surface area contributed by atoms with E-state index in [0.717, 1.165) is 5.56 Å². The molecule has 0 aliphatic carbocycles. The minimum Gasteiger partial charge on any atom is -0.380 e. The summed E-state index contributed by atoms with van der Waals surface area (Å²) in [5, 5.41) is 3.04. The number of hydrogen-bond donors (Lipinski definition) is 1. The Bertz CT molecular complexity index is 704. The number of amides is 1. The van der Waals surface area contributed by atoms with Gasteiger partial charge in [0.15, 0.2) is 0 Å². The Morgan fingerprint density at radius 2 is 1.87 bits per heavy atom. The molecule has 3 nitrogen and oxygen atoms in total. The van der Waals surface area contributed by atoms with E-state index >= 15 is 0 Å². The first-order valence-electron chi connectivity index (χ1n) is 6.95. The Morgan fingerprint density at radius 1 is 1.22 bits per heavy atom. The Balaban J connectivity index is 2.11. The maximum Gasteiger partial charge on any atom is 0.251 e. The molecule has 0 heterocycles. The number of hydrogen-bond acceptors (Lipinski definition) is 2. The Morgan fingerprint density at radius 3 is 2.48 bits per heavy atom. The highest BCUT2D eigenvalue weighted by molar-refractivity contribution is 6.35. The van der Waals surface area contributed by atoms with Gasteiger partial charge < -0.3 is 10.1 Å². The third-order valence-electron chi connectivity index (χ3n) is 3.38. The minimum atomic E-state index is -0.573. The lowest BCUT2D eigenvalue weighted by molar-refractivity contribution is 0.0939. The molecular formula is C17H16Cl2FNO2. The molecule has 6 heteroatoms. The van der Waals surface area contributed by atoms with Crippen molar-refractivity contribution in [1.82, 2.24) is 5.32 Å². The summed E-state index contributed by atoms with van der Waals surface area (Å²) in [7, 11) is 1.61. The van der Waals surface area contributed by atoms with Gasteiger partial charge in [-0.1, -0.05) is 35.3 Å². The van der Waals surface area contributed by atoms with Gasteiger partial charge in [-0.2, -0.15) is 0 Å². The fourth-order valence-electron chi connectivity index (χ4n) is 2.15. The molecular weight excluding hydrogens is 340 g/mol. The van der Waals surface area contributed by atoms with Gasteiger partial charge >= 0.3 is 0 Å². The van der Waals surface area contributed by atoms with E-state index in [1.807, 2.05) is 12.1 Å². The number of halogens is 3. The molecule has 1 N–H and O–H groups in total. The highest BCUT2D eigenvalue weighted by Crippen LogP contribution is 2.28. The molecule has 0 spiro atoms. The van der Waals surface area contributed by atoms with Crippen LogP contribution in [0.1, 0.15) is 34.5 Å². The maximum atomic E-state index is 13.6. The van der Waals surface area contributed by atoms with E-state index in [2.05, 4.69) is 5.32 Å². The van der Waals surface area contributed by atoms with Crippen LogP contribution >= 0.6 is 23.2 Å². The van der Waals surface area contributed by atoms with E-state index in [1.165, 1.54) is 12.1 Å². The van der Waals surface area contributed by atoms with Crippen LogP contribution in [0, 0.1) is 5.82 Å². The number of carbonyl (C=O) groups is 1. The van der Waals surface area contributed by atoms with Gasteiger partial charge in [-0.15, -0.1) is 0 Å². The molecule has 2 rings (SSSR count). The molecule has 1 amide bonds. The van der Waals surface area contributed by atoms with E-state index in [1.54, 1.807) is 26.2 Å². The molecule has 0 saturated carbocycles. The first kappa shape index (κ1) is 17.7.